The summed E-state index contributed by atoms with van der Waals surface area (Å²) in [5.74, 6) is 0.749. The van der Waals surface area contributed by atoms with Crippen molar-refractivity contribution in [1.29, 1.82) is 0 Å². The van der Waals surface area contributed by atoms with Gasteiger partial charge in [0, 0.05) is 18.9 Å². The van der Waals surface area contributed by atoms with E-state index in [2.05, 4.69) is 14.9 Å². The van der Waals surface area contributed by atoms with Gasteiger partial charge < -0.3 is 10.0 Å². The quantitative estimate of drug-likeness (QED) is 0.792. The SMILES string of the molecule is OCC1CCCCCN1c1ncccn1. The van der Waals surface area contributed by atoms with Crippen molar-refractivity contribution in [3.05, 3.63) is 18.5 Å². The molecule has 82 valence electrons. The lowest BCUT2D eigenvalue weighted by Gasteiger charge is -2.28. The van der Waals surface area contributed by atoms with Crippen molar-refractivity contribution in [1.82, 2.24) is 9.97 Å². The lowest BCUT2D eigenvalue weighted by atomic mass is 10.1. The summed E-state index contributed by atoms with van der Waals surface area (Å²) in [5.41, 5.74) is 0. The van der Waals surface area contributed by atoms with E-state index in [1.54, 1.807) is 12.4 Å². The van der Waals surface area contributed by atoms with Crippen molar-refractivity contribution in [2.75, 3.05) is 18.1 Å². The van der Waals surface area contributed by atoms with E-state index in [9.17, 15) is 5.11 Å². The second-order valence-electron chi connectivity index (χ2n) is 3.93. The van der Waals surface area contributed by atoms with Gasteiger partial charge in [0.2, 0.25) is 5.95 Å². The number of aliphatic hydroxyl groups is 1. The Morgan fingerprint density at radius 2 is 2.07 bits per heavy atom. The van der Waals surface area contributed by atoms with Crippen molar-refractivity contribution < 1.29 is 5.11 Å². The fourth-order valence-corrected chi connectivity index (χ4v) is 2.07. The molecule has 0 aliphatic carbocycles. The topological polar surface area (TPSA) is 49.2 Å². The van der Waals surface area contributed by atoms with Crippen LogP contribution in [0.3, 0.4) is 0 Å². The first-order valence-electron chi connectivity index (χ1n) is 5.56. The van der Waals surface area contributed by atoms with Gasteiger partial charge in [-0.05, 0) is 18.9 Å². The highest BCUT2D eigenvalue weighted by molar-refractivity contribution is 5.30. The monoisotopic (exact) mass is 207 g/mol. The average Bonchev–Trinajstić information content (AvgIpc) is 2.55. The first kappa shape index (κ1) is 10.4. The summed E-state index contributed by atoms with van der Waals surface area (Å²) in [6.45, 7) is 1.15. The zero-order valence-electron chi connectivity index (χ0n) is 8.84. The minimum Gasteiger partial charge on any atom is -0.394 e. The maximum atomic E-state index is 9.35. The number of aromatic nitrogens is 2. The molecule has 0 spiro atoms. The third-order valence-electron chi connectivity index (χ3n) is 2.90. The lowest BCUT2D eigenvalue weighted by molar-refractivity contribution is 0.254. The van der Waals surface area contributed by atoms with E-state index in [0.717, 1.165) is 25.3 Å². The molecule has 1 N–H and O–H groups in total. The van der Waals surface area contributed by atoms with Crippen LogP contribution in [0, 0.1) is 0 Å². The molecule has 1 saturated heterocycles. The van der Waals surface area contributed by atoms with E-state index < -0.39 is 0 Å². The van der Waals surface area contributed by atoms with Crippen molar-refractivity contribution in [3.8, 4) is 0 Å². The Morgan fingerprint density at radius 1 is 1.27 bits per heavy atom. The Labute approximate surface area is 90.0 Å². The predicted octanol–water partition coefficient (Wildman–Crippen LogP) is 1.22. The summed E-state index contributed by atoms with van der Waals surface area (Å²) in [7, 11) is 0. The summed E-state index contributed by atoms with van der Waals surface area (Å²) in [6.07, 6.45) is 8.13. The van der Waals surface area contributed by atoms with Crippen LogP contribution >= 0.6 is 0 Å². The number of nitrogens with zero attached hydrogens (tertiary/aromatic N) is 3. The molecule has 1 atom stereocenters. The van der Waals surface area contributed by atoms with E-state index in [-0.39, 0.29) is 12.6 Å². The fourth-order valence-electron chi connectivity index (χ4n) is 2.07. The molecule has 4 heteroatoms. The van der Waals surface area contributed by atoms with Crippen molar-refractivity contribution in [2.24, 2.45) is 0 Å². The van der Waals surface area contributed by atoms with Crippen LogP contribution in [0.25, 0.3) is 0 Å². The summed E-state index contributed by atoms with van der Waals surface area (Å²) >= 11 is 0. The molecule has 2 heterocycles. The van der Waals surface area contributed by atoms with E-state index in [1.165, 1.54) is 12.8 Å². The van der Waals surface area contributed by atoms with Gasteiger partial charge in [-0.2, -0.15) is 0 Å². The molecule has 1 aliphatic heterocycles. The normalized spacial score (nSPS) is 22.5. The molecule has 0 aromatic carbocycles. The largest absolute Gasteiger partial charge is 0.394 e. The highest BCUT2D eigenvalue weighted by atomic mass is 16.3. The summed E-state index contributed by atoms with van der Waals surface area (Å²) in [6, 6.07) is 2.00. The van der Waals surface area contributed by atoms with Crippen LogP contribution in [0.15, 0.2) is 18.5 Å². The number of aliphatic hydroxyl groups excluding tert-OH is 1. The molecule has 0 bridgehead atoms. The summed E-state index contributed by atoms with van der Waals surface area (Å²) in [5, 5.41) is 9.35. The molecule has 15 heavy (non-hydrogen) atoms. The van der Waals surface area contributed by atoms with Crippen LogP contribution in [-0.4, -0.2) is 34.3 Å². The Morgan fingerprint density at radius 3 is 2.80 bits per heavy atom. The second kappa shape index (κ2) is 5.07. The van der Waals surface area contributed by atoms with Gasteiger partial charge in [-0.3, -0.25) is 0 Å². The molecule has 4 nitrogen and oxygen atoms in total. The van der Waals surface area contributed by atoms with Crippen LogP contribution in [0.4, 0.5) is 5.95 Å². The number of rotatable bonds is 2. The van der Waals surface area contributed by atoms with Crippen molar-refractivity contribution in [3.63, 3.8) is 0 Å². The van der Waals surface area contributed by atoms with Gasteiger partial charge in [-0.25, -0.2) is 9.97 Å². The zero-order chi connectivity index (χ0) is 10.5. The zero-order valence-corrected chi connectivity index (χ0v) is 8.84. The van der Waals surface area contributed by atoms with Crippen LogP contribution in [-0.2, 0) is 0 Å². The lowest BCUT2D eigenvalue weighted by Crippen LogP contribution is -2.38. The van der Waals surface area contributed by atoms with Gasteiger partial charge in [0.25, 0.3) is 0 Å². The second-order valence-corrected chi connectivity index (χ2v) is 3.93. The van der Waals surface area contributed by atoms with Gasteiger partial charge in [0.05, 0.1) is 12.6 Å². The minimum absolute atomic E-state index is 0.190. The van der Waals surface area contributed by atoms with E-state index in [1.807, 2.05) is 6.07 Å². The molecular weight excluding hydrogens is 190 g/mol. The highest BCUT2D eigenvalue weighted by Gasteiger charge is 2.21. The highest BCUT2D eigenvalue weighted by Crippen LogP contribution is 2.20. The predicted molar refractivity (Wildman–Crippen MR) is 58.7 cm³/mol. The molecule has 1 aromatic heterocycles. The molecule has 0 radical (unpaired) electrons. The Balaban J connectivity index is 2.16. The first-order chi connectivity index (χ1) is 7.42. The third kappa shape index (κ3) is 2.45. The Bertz CT molecular complexity index is 291. The number of hydrogen-bond acceptors (Lipinski definition) is 4. The van der Waals surface area contributed by atoms with Gasteiger partial charge >= 0.3 is 0 Å². The van der Waals surface area contributed by atoms with Gasteiger partial charge in [0.1, 0.15) is 0 Å². The molecule has 0 amide bonds. The van der Waals surface area contributed by atoms with E-state index >= 15 is 0 Å². The third-order valence-corrected chi connectivity index (χ3v) is 2.90. The van der Waals surface area contributed by atoms with Crippen molar-refractivity contribution >= 4 is 5.95 Å². The molecule has 1 unspecified atom stereocenters. The molecular formula is C11H17N3O. The fraction of sp³-hybridized carbons (Fsp3) is 0.636. The van der Waals surface area contributed by atoms with Gasteiger partial charge in [-0.1, -0.05) is 12.8 Å². The molecule has 1 aliphatic rings. The maximum Gasteiger partial charge on any atom is 0.225 e. The molecule has 0 saturated carbocycles. The van der Waals surface area contributed by atoms with Crippen LogP contribution in [0.2, 0.25) is 0 Å². The van der Waals surface area contributed by atoms with Crippen molar-refractivity contribution in [2.45, 2.75) is 31.7 Å². The Hall–Kier alpha value is -1.16. The molecule has 2 rings (SSSR count). The average molecular weight is 207 g/mol. The van der Waals surface area contributed by atoms with Crippen LogP contribution in [0.1, 0.15) is 25.7 Å². The minimum atomic E-state index is 0.190. The maximum absolute atomic E-state index is 9.35. The number of hydrogen-bond donors (Lipinski definition) is 1. The standard InChI is InChI=1S/C11H17N3O/c15-9-10-5-2-1-3-8-14(10)11-12-6-4-7-13-11/h4,6-7,10,15H,1-3,5,8-9H2. The van der Waals surface area contributed by atoms with Crippen LogP contribution in [0.5, 0.6) is 0 Å². The summed E-state index contributed by atoms with van der Waals surface area (Å²) in [4.78, 5) is 10.6. The Kier molecular flexibility index (Phi) is 3.50. The van der Waals surface area contributed by atoms with E-state index in [4.69, 9.17) is 0 Å². The molecule has 1 fully saturated rings. The van der Waals surface area contributed by atoms with Gasteiger partial charge in [-0.15, -0.1) is 0 Å². The first-order valence-corrected chi connectivity index (χ1v) is 5.56. The van der Waals surface area contributed by atoms with Gasteiger partial charge in [0.15, 0.2) is 0 Å². The molecule has 1 aromatic rings. The summed E-state index contributed by atoms with van der Waals surface area (Å²) < 4.78 is 0. The number of anilines is 1. The van der Waals surface area contributed by atoms with Crippen LogP contribution < -0.4 is 4.90 Å². The smallest absolute Gasteiger partial charge is 0.225 e. The van der Waals surface area contributed by atoms with E-state index in [0.29, 0.717) is 0 Å².